The molecule has 1 rings (SSSR count). The van der Waals surface area contributed by atoms with E-state index < -0.39 is 5.97 Å². The van der Waals surface area contributed by atoms with Gasteiger partial charge in [-0.1, -0.05) is 38.3 Å². The second-order valence-corrected chi connectivity index (χ2v) is 5.17. The van der Waals surface area contributed by atoms with Crippen LogP contribution in [0.1, 0.15) is 56.3 Å². The van der Waals surface area contributed by atoms with Crippen molar-refractivity contribution >= 4 is 5.78 Å². The number of para-hydroxylation sites is 1. The number of benzene rings is 1. The summed E-state index contributed by atoms with van der Waals surface area (Å²) in [5.74, 6) is -0.910. The van der Waals surface area contributed by atoms with Gasteiger partial charge in [0.1, 0.15) is 0 Å². The standard InChI is InChI=1S/C17H26O5/c1-5-6-7-8-12-15(18)14-11-9-10-13-16(14)21-22-17(2,19-3)20-4/h9-11,13H,5-8,12H2,1-4H3. The van der Waals surface area contributed by atoms with Gasteiger partial charge in [-0.05, 0) is 18.6 Å². The number of hydrogen-bond acceptors (Lipinski definition) is 5. The van der Waals surface area contributed by atoms with Crippen molar-refractivity contribution < 1.29 is 24.0 Å². The van der Waals surface area contributed by atoms with Crippen molar-refractivity contribution in [2.24, 2.45) is 0 Å². The van der Waals surface area contributed by atoms with Crippen molar-refractivity contribution in [3.05, 3.63) is 29.8 Å². The van der Waals surface area contributed by atoms with E-state index in [-0.39, 0.29) is 5.78 Å². The number of methoxy groups -OCH3 is 2. The summed E-state index contributed by atoms with van der Waals surface area (Å²) in [6, 6.07) is 7.00. The summed E-state index contributed by atoms with van der Waals surface area (Å²) < 4.78 is 10.1. The van der Waals surface area contributed by atoms with Crippen LogP contribution >= 0.6 is 0 Å². The van der Waals surface area contributed by atoms with Gasteiger partial charge in [-0.25, -0.2) is 0 Å². The molecule has 0 spiro atoms. The Morgan fingerprint density at radius 3 is 2.41 bits per heavy atom. The number of carbonyl (C=O) groups excluding carboxylic acids is 1. The fraction of sp³-hybridized carbons (Fsp3) is 0.588. The van der Waals surface area contributed by atoms with Crippen LogP contribution in [0.25, 0.3) is 0 Å². The largest absolute Gasteiger partial charge is 0.331 e. The molecule has 0 radical (unpaired) electrons. The first-order chi connectivity index (χ1) is 10.6. The highest BCUT2D eigenvalue weighted by Crippen LogP contribution is 2.23. The average Bonchev–Trinajstić information content (AvgIpc) is 2.56. The van der Waals surface area contributed by atoms with Gasteiger partial charge in [-0.3, -0.25) is 4.79 Å². The summed E-state index contributed by atoms with van der Waals surface area (Å²) in [6.07, 6.45) is 4.75. The summed E-state index contributed by atoms with van der Waals surface area (Å²) in [6.45, 7) is 3.72. The first kappa shape index (κ1) is 18.6. The monoisotopic (exact) mass is 310 g/mol. The van der Waals surface area contributed by atoms with Gasteiger partial charge in [0.25, 0.3) is 0 Å². The minimum absolute atomic E-state index is 0.0480. The minimum atomic E-state index is -1.32. The summed E-state index contributed by atoms with van der Waals surface area (Å²) in [5, 5.41) is 0. The molecule has 0 aliphatic heterocycles. The minimum Gasteiger partial charge on any atom is -0.331 e. The molecule has 0 aromatic heterocycles. The molecule has 5 heteroatoms. The summed E-state index contributed by atoms with van der Waals surface area (Å²) >= 11 is 0. The van der Waals surface area contributed by atoms with E-state index in [2.05, 4.69) is 6.92 Å². The normalized spacial score (nSPS) is 11.5. The zero-order valence-corrected chi connectivity index (χ0v) is 13.9. The molecule has 0 atom stereocenters. The lowest BCUT2D eigenvalue weighted by Crippen LogP contribution is -2.34. The molecule has 0 aliphatic rings. The Hall–Kier alpha value is -1.43. The first-order valence-corrected chi connectivity index (χ1v) is 7.64. The maximum absolute atomic E-state index is 12.3. The first-order valence-electron chi connectivity index (χ1n) is 7.64. The van der Waals surface area contributed by atoms with Gasteiger partial charge in [0.2, 0.25) is 0 Å². The molecule has 0 N–H and O–H groups in total. The third kappa shape index (κ3) is 5.75. The van der Waals surface area contributed by atoms with Crippen molar-refractivity contribution in [2.45, 2.75) is 51.9 Å². The van der Waals surface area contributed by atoms with Crippen molar-refractivity contribution in [3.63, 3.8) is 0 Å². The highest BCUT2D eigenvalue weighted by Gasteiger charge is 2.27. The number of hydrogen-bond donors (Lipinski definition) is 0. The van der Waals surface area contributed by atoms with Crippen LogP contribution in [-0.2, 0) is 14.4 Å². The molecule has 0 bridgehead atoms. The SMILES string of the molecule is CCCCCCC(=O)c1ccccc1OOC(C)(OC)OC. The molecule has 5 nitrogen and oxygen atoms in total. The van der Waals surface area contributed by atoms with Crippen LogP contribution in [0, 0.1) is 0 Å². The molecule has 0 fully saturated rings. The third-order valence-electron chi connectivity index (χ3n) is 3.47. The lowest BCUT2D eigenvalue weighted by atomic mass is 10.0. The van der Waals surface area contributed by atoms with Gasteiger partial charge < -0.3 is 14.4 Å². The highest BCUT2D eigenvalue weighted by atomic mass is 17.3. The van der Waals surface area contributed by atoms with Crippen molar-refractivity contribution in [3.8, 4) is 5.75 Å². The quantitative estimate of drug-likeness (QED) is 0.202. The Balaban J connectivity index is 2.67. The molecule has 124 valence electrons. The van der Waals surface area contributed by atoms with Gasteiger partial charge in [0.05, 0.1) is 5.56 Å². The molecule has 0 saturated heterocycles. The zero-order chi connectivity index (χ0) is 16.4. The number of unbranched alkanes of at least 4 members (excludes halogenated alkanes) is 3. The van der Waals surface area contributed by atoms with E-state index in [0.717, 1.165) is 25.7 Å². The zero-order valence-electron chi connectivity index (χ0n) is 13.9. The molecular weight excluding hydrogens is 284 g/mol. The Morgan fingerprint density at radius 1 is 1.09 bits per heavy atom. The Bertz CT molecular complexity index is 454. The molecule has 0 heterocycles. The van der Waals surface area contributed by atoms with E-state index in [1.807, 2.05) is 0 Å². The molecular formula is C17H26O5. The van der Waals surface area contributed by atoms with Crippen LogP contribution in [0.4, 0.5) is 0 Å². The predicted molar refractivity (Wildman–Crippen MR) is 83.7 cm³/mol. The fourth-order valence-corrected chi connectivity index (χ4v) is 1.89. The number of ether oxygens (including phenoxy) is 2. The van der Waals surface area contributed by atoms with Gasteiger partial charge in [0.15, 0.2) is 11.5 Å². The lowest BCUT2D eigenvalue weighted by Gasteiger charge is -2.24. The number of rotatable bonds is 11. The van der Waals surface area contributed by atoms with E-state index in [4.69, 9.17) is 19.2 Å². The van der Waals surface area contributed by atoms with Crippen molar-refractivity contribution in [1.29, 1.82) is 0 Å². The van der Waals surface area contributed by atoms with Gasteiger partial charge in [0, 0.05) is 27.6 Å². The third-order valence-corrected chi connectivity index (χ3v) is 3.47. The summed E-state index contributed by atoms with van der Waals surface area (Å²) in [5.41, 5.74) is 0.508. The molecule has 0 saturated carbocycles. The van der Waals surface area contributed by atoms with E-state index in [1.54, 1.807) is 31.2 Å². The Morgan fingerprint density at radius 2 is 1.77 bits per heavy atom. The van der Waals surface area contributed by atoms with Crippen LogP contribution in [0.5, 0.6) is 5.75 Å². The van der Waals surface area contributed by atoms with Crippen LogP contribution < -0.4 is 4.89 Å². The van der Waals surface area contributed by atoms with Crippen LogP contribution in [0.3, 0.4) is 0 Å². The Kier molecular flexibility index (Phi) is 8.09. The van der Waals surface area contributed by atoms with Crippen LogP contribution in [-0.4, -0.2) is 26.0 Å². The number of carbonyl (C=O) groups is 1. The molecule has 1 aromatic carbocycles. The van der Waals surface area contributed by atoms with E-state index in [9.17, 15) is 4.79 Å². The fourth-order valence-electron chi connectivity index (χ4n) is 1.89. The maximum atomic E-state index is 12.3. The van der Waals surface area contributed by atoms with Gasteiger partial charge in [-0.15, -0.1) is 4.89 Å². The topological polar surface area (TPSA) is 54.0 Å². The molecule has 0 aliphatic carbocycles. The van der Waals surface area contributed by atoms with E-state index >= 15 is 0 Å². The number of ketones is 1. The molecule has 22 heavy (non-hydrogen) atoms. The second-order valence-electron chi connectivity index (χ2n) is 5.17. The molecule has 0 unspecified atom stereocenters. The predicted octanol–water partition coefficient (Wildman–Crippen LogP) is 4.12. The smallest absolute Gasteiger partial charge is 0.319 e. The average molecular weight is 310 g/mol. The summed E-state index contributed by atoms with van der Waals surface area (Å²) in [7, 11) is 2.88. The van der Waals surface area contributed by atoms with Crippen LogP contribution in [0.2, 0.25) is 0 Å². The van der Waals surface area contributed by atoms with Gasteiger partial charge in [-0.2, -0.15) is 0 Å². The maximum Gasteiger partial charge on any atom is 0.319 e. The Labute approximate surface area is 132 Å². The lowest BCUT2D eigenvalue weighted by molar-refractivity contribution is -0.455. The van der Waals surface area contributed by atoms with Crippen LogP contribution in [0.15, 0.2) is 24.3 Å². The molecule has 0 amide bonds. The van der Waals surface area contributed by atoms with Gasteiger partial charge >= 0.3 is 5.97 Å². The second kappa shape index (κ2) is 9.56. The van der Waals surface area contributed by atoms with Crippen molar-refractivity contribution in [2.75, 3.05) is 14.2 Å². The van der Waals surface area contributed by atoms with E-state index in [1.165, 1.54) is 14.2 Å². The molecule has 1 aromatic rings. The summed E-state index contributed by atoms with van der Waals surface area (Å²) in [4.78, 5) is 22.7. The number of Topliss-reactive ketones (excluding diaryl/α,β-unsaturated/α-hetero) is 1. The van der Waals surface area contributed by atoms with Crippen molar-refractivity contribution in [1.82, 2.24) is 0 Å². The highest BCUT2D eigenvalue weighted by molar-refractivity contribution is 5.98. The van der Waals surface area contributed by atoms with E-state index in [0.29, 0.717) is 17.7 Å².